The molecule has 35 heavy (non-hydrogen) atoms. The van der Waals surface area contributed by atoms with Gasteiger partial charge in [0.2, 0.25) is 5.91 Å². The molecule has 0 bridgehead atoms. The van der Waals surface area contributed by atoms with Gasteiger partial charge < -0.3 is 10.1 Å². The Hall–Kier alpha value is -3.57. The van der Waals surface area contributed by atoms with Gasteiger partial charge in [-0.15, -0.1) is 0 Å². The lowest BCUT2D eigenvalue weighted by atomic mass is 10.1. The van der Waals surface area contributed by atoms with Crippen molar-refractivity contribution in [1.82, 2.24) is 10.7 Å². The monoisotopic (exact) mass is 528 g/mol. The summed E-state index contributed by atoms with van der Waals surface area (Å²) in [4.78, 5) is 24.2. The van der Waals surface area contributed by atoms with Crippen LogP contribution in [0.3, 0.4) is 0 Å². The first kappa shape index (κ1) is 26.0. The fourth-order valence-corrected chi connectivity index (χ4v) is 3.33. The van der Waals surface area contributed by atoms with Crippen molar-refractivity contribution in [3.05, 3.63) is 98.0 Å². The van der Waals surface area contributed by atoms with Gasteiger partial charge in [-0.25, -0.2) is 5.43 Å². The maximum atomic E-state index is 12.1. The summed E-state index contributed by atoms with van der Waals surface area (Å²) in [6, 6.07) is 18.7. The molecule has 0 heterocycles. The number of halogens is 3. The van der Waals surface area contributed by atoms with Crippen LogP contribution in [0.25, 0.3) is 0 Å². The van der Waals surface area contributed by atoms with E-state index in [4.69, 9.17) is 44.8 Å². The van der Waals surface area contributed by atoms with Crippen LogP contribution in [0.1, 0.15) is 33.5 Å². The van der Waals surface area contributed by atoms with E-state index < -0.39 is 5.91 Å². The zero-order valence-corrected chi connectivity index (χ0v) is 20.5. The molecule has 10 heteroatoms. The van der Waals surface area contributed by atoms with E-state index in [9.17, 15) is 9.59 Å². The number of hydrogen-bond donors (Lipinski definition) is 2. The maximum absolute atomic E-state index is 12.1. The lowest BCUT2D eigenvalue weighted by Crippen LogP contribution is -2.29. The summed E-state index contributed by atoms with van der Waals surface area (Å²) in [5.74, 6) is -0.244. The second kappa shape index (κ2) is 12.8. The third-order valence-electron chi connectivity index (χ3n) is 4.66. The van der Waals surface area contributed by atoms with Gasteiger partial charge in [-0.1, -0.05) is 46.9 Å². The zero-order valence-electron chi connectivity index (χ0n) is 18.2. The second-order valence-corrected chi connectivity index (χ2v) is 8.46. The second-order valence-electron chi connectivity index (χ2n) is 7.21. The minimum Gasteiger partial charge on any atom is -0.488 e. The Morgan fingerprint density at radius 3 is 2.49 bits per heavy atom. The number of carbonyl (C=O) groups is 2. The van der Waals surface area contributed by atoms with E-state index >= 15 is 0 Å². The fourth-order valence-electron chi connectivity index (χ4n) is 2.85. The van der Waals surface area contributed by atoms with E-state index in [0.29, 0.717) is 32.5 Å². The average molecular weight is 530 g/mol. The lowest BCUT2D eigenvalue weighted by molar-refractivity contribution is -0.120. The normalized spacial score (nSPS) is 10.6. The van der Waals surface area contributed by atoms with Crippen LogP contribution in [-0.4, -0.2) is 24.6 Å². The number of hydrazone groups is 1. The molecule has 0 saturated heterocycles. The molecule has 0 unspecified atom stereocenters. The van der Waals surface area contributed by atoms with Crippen molar-refractivity contribution in [3.63, 3.8) is 0 Å². The van der Waals surface area contributed by atoms with Gasteiger partial charge in [0.05, 0.1) is 27.9 Å². The Kier molecular flexibility index (Phi) is 9.50. The van der Waals surface area contributed by atoms with Crippen LogP contribution < -0.4 is 15.5 Å². The van der Waals surface area contributed by atoms with Gasteiger partial charge in [-0.2, -0.15) is 10.4 Å². The highest BCUT2D eigenvalue weighted by molar-refractivity contribution is 6.42. The third kappa shape index (κ3) is 8.01. The molecule has 0 saturated carbocycles. The van der Waals surface area contributed by atoms with Crippen molar-refractivity contribution >= 4 is 52.8 Å². The number of hydrogen-bond acceptors (Lipinski definition) is 5. The van der Waals surface area contributed by atoms with Crippen LogP contribution in [0.2, 0.25) is 15.1 Å². The number of amides is 2. The maximum Gasteiger partial charge on any atom is 0.251 e. The van der Waals surface area contributed by atoms with Gasteiger partial charge in [0, 0.05) is 29.1 Å². The highest BCUT2D eigenvalue weighted by Gasteiger charge is 2.09. The fraction of sp³-hybridized carbons (Fsp3) is 0.120. The molecule has 7 nitrogen and oxygen atoms in total. The van der Waals surface area contributed by atoms with Crippen LogP contribution in [0.5, 0.6) is 5.75 Å². The molecule has 2 N–H and O–H groups in total. The lowest BCUT2D eigenvalue weighted by Gasteiger charge is -2.10. The zero-order chi connectivity index (χ0) is 25.2. The van der Waals surface area contributed by atoms with Gasteiger partial charge in [-0.3, -0.25) is 9.59 Å². The molecule has 0 radical (unpaired) electrons. The average Bonchev–Trinajstić information content (AvgIpc) is 2.85. The molecule has 3 rings (SSSR count). The predicted octanol–water partition coefficient (Wildman–Crippen LogP) is 5.37. The number of nitrogens with one attached hydrogen (secondary N) is 2. The number of carbonyl (C=O) groups excluding carboxylic acids is 2. The number of nitrogens with zero attached hydrogens (tertiary/aromatic N) is 2. The van der Waals surface area contributed by atoms with Crippen molar-refractivity contribution in [2.75, 3.05) is 6.54 Å². The summed E-state index contributed by atoms with van der Waals surface area (Å²) >= 11 is 17.8. The molecule has 3 aromatic rings. The van der Waals surface area contributed by atoms with Crippen LogP contribution in [0, 0.1) is 11.3 Å². The van der Waals surface area contributed by atoms with E-state index in [1.54, 1.807) is 36.4 Å². The first-order chi connectivity index (χ1) is 16.9. The summed E-state index contributed by atoms with van der Waals surface area (Å²) < 4.78 is 5.85. The first-order valence-corrected chi connectivity index (χ1v) is 11.5. The van der Waals surface area contributed by atoms with Crippen molar-refractivity contribution in [3.8, 4) is 11.8 Å². The highest BCUT2D eigenvalue weighted by Crippen LogP contribution is 2.23. The number of rotatable bonds is 9. The quantitative estimate of drug-likeness (QED) is 0.287. The molecule has 0 aliphatic rings. The summed E-state index contributed by atoms with van der Waals surface area (Å²) in [5.41, 5.74) is 4.77. The highest BCUT2D eigenvalue weighted by atomic mass is 35.5. The topological polar surface area (TPSA) is 104 Å². The molecule has 0 aliphatic carbocycles. The van der Waals surface area contributed by atoms with E-state index in [2.05, 4.69) is 21.9 Å². The molecule has 178 valence electrons. The van der Waals surface area contributed by atoms with Gasteiger partial charge in [0.1, 0.15) is 12.4 Å². The van der Waals surface area contributed by atoms with Crippen molar-refractivity contribution in [2.45, 2.75) is 13.0 Å². The minimum atomic E-state index is -0.391. The van der Waals surface area contributed by atoms with Gasteiger partial charge >= 0.3 is 0 Å². The molecule has 2 amide bonds. The van der Waals surface area contributed by atoms with E-state index in [0.717, 1.165) is 5.56 Å². The summed E-state index contributed by atoms with van der Waals surface area (Å²) in [7, 11) is 0. The molecule has 3 aromatic carbocycles. The van der Waals surface area contributed by atoms with Crippen molar-refractivity contribution < 1.29 is 14.3 Å². The standard InChI is InChI=1S/C25H19Cl3N4O3/c26-20-6-8-23(35-15-17-3-1-16(13-29)2-4-17)19(11-20)14-31-32-24(33)9-10-30-25(34)18-5-7-21(27)22(28)12-18/h1-8,11-12,14H,9-10,15H2,(H,30,34)(H,32,33). The Morgan fingerprint density at radius 2 is 1.77 bits per heavy atom. The summed E-state index contributed by atoms with van der Waals surface area (Å²) in [6.45, 7) is 0.385. The molecule has 0 aliphatic heterocycles. The Bertz CT molecular complexity index is 1290. The van der Waals surface area contributed by atoms with Gasteiger partial charge in [-0.05, 0) is 54.1 Å². The predicted molar refractivity (Wildman–Crippen MR) is 136 cm³/mol. The van der Waals surface area contributed by atoms with E-state index in [-0.39, 0.29) is 30.5 Å². The van der Waals surface area contributed by atoms with Gasteiger partial charge in [0.15, 0.2) is 0 Å². The third-order valence-corrected chi connectivity index (χ3v) is 5.64. The van der Waals surface area contributed by atoms with Crippen LogP contribution >= 0.6 is 34.8 Å². The molecule has 0 spiro atoms. The first-order valence-electron chi connectivity index (χ1n) is 10.3. The van der Waals surface area contributed by atoms with E-state index in [1.807, 2.05) is 12.1 Å². The van der Waals surface area contributed by atoms with Crippen molar-refractivity contribution in [1.29, 1.82) is 5.26 Å². The van der Waals surface area contributed by atoms with E-state index in [1.165, 1.54) is 18.3 Å². The summed E-state index contributed by atoms with van der Waals surface area (Å²) in [6.07, 6.45) is 1.44. The van der Waals surface area contributed by atoms with Crippen LogP contribution in [-0.2, 0) is 11.4 Å². The molecular formula is C25H19Cl3N4O3. The largest absolute Gasteiger partial charge is 0.488 e. The Labute approximate surface area is 217 Å². The molecular weight excluding hydrogens is 511 g/mol. The molecule has 0 aromatic heterocycles. The minimum absolute atomic E-state index is 0.0159. The SMILES string of the molecule is N#Cc1ccc(COc2ccc(Cl)cc2C=NNC(=O)CCNC(=O)c2ccc(Cl)c(Cl)c2)cc1. The number of ether oxygens (including phenoxy) is 1. The van der Waals surface area contributed by atoms with Crippen LogP contribution in [0.15, 0.2) is 65.8 Å². The van der Waals surface area contributed by atoms with Crippen LogP contribution in [0.4, 0.5) is 0 Å². The Morgan fingerprint density at radius 1 is 1.00 bits per heavy atom. The van der Waals surface area contributed by atoms with Crippen molar-refractivity contribution in [2.24, 2.45) is 5.10 Å². The van der Waals surface area contributed by atoms with Gasteiger partial charge in [0.25, 0.3) is 5.91 Å². The molecule has 0 atom stereocenters. The Balaban J connectivity index is 1.50. The molecule has 0 fully saturated rings. The smallest absolute Gasteiger partial charge is 0.251 e. The number of nitriles is 1. The number of benzene rings is 3. The summed E-state index contributed by atoms with van der Waals surface area (Å²) in [5, 5.41) is 16.6.